The smallest absolute Gasteiger partial charge is 0.221 e. The normalized spacial score (nSPS) is 10.4. The number of anilines is 1. The Bertz CT molecular complexity index is 602. The molecule has 0 aliphatic rings. The minimum absolute atomic E-state index is 0.152. The van der Waals surface area contributed by atoms with E-state index in [-0.39, 0.29) is 23.1 Å². The average molecular weight is 251 g/mol. The van der Waals surface area contributed by atoms with Crippen LogP contribution in [0.25, 0.3) is 11.0 Å². The molecule has 0 radical (unpaired) electrons. The van der Waals surface area contributed by atoms with E-state index >= 15 is 0 Å². The number of amides is 1. The third-order valence-electron chi connectivity index (χ3n) is 2.50. The number of fused-ring (bicyclic) bond motifs is 1. The van der Waals surface area contributed by atoms with Crippen LogP contribution in [0.4, 0.5) is 5.69 Å². The summed E-state index contributed by atoms with van der Waals surface area (Å²) >= 11 is 0. The number of rotatable bonds is 3. The molecule has 2 rings (SSSR count). The average Bonchev–Trinajstić information content (AvgIpc) is 2.78. The van der Waals surface area contributed by atoms with Gasteiger partial charge in [0.25, 0.3) is 0 Å². The van der Waals surface area contributed by atoms with Gasteiger partial charge >= 0.3 is 0 Å². The highest BCUT2D eigenvalue weighted by Gasteiger charge is 2.23. The van der Waals surface area contributed by atoms with Crippen molar-refractivity contribution < 1.29 is 23.8 Å². The van der Waals surface area contributed by atoms with Gasteiger partial charge in [0.05, 0.1) is 25.9 Å². The second kappa shape index (κ2) is 4.48. The molecule has 0 saturated carbocycles. The second-order valence-corrected chi connectivity index (χ2v) is 3.63. The van der Waals surface area contributed by atoms with E-state index in [9.17, 15) is 9.90 Å². The van der Waals surface area contributed by atoms with Crippen molar-refractivity contribution >= 4 is 22.6 Å². The maximum atomic E-state index is 11.2. The van der Waals surface area contributed by atoms with Crippen molar-refractivity contribution in [2.45, 2.75) is 6.92 Å². The number of methoxy groups -OCH3 is 2. The second-order valence-electron chi connectivity index (χ2n) is 3.63. The summed E-state index contributed by atoms with van der Waals surface area (Å²) in [7, 11) is 2.85. The van der Waals surface area contributed by atoms with Gasteiger partial charge in [-0.15, -0.1) is 0 Å². The number of nitrogens with one attached hydrogen (secondary N) is 1. The van der Waals surface area contributed by atoms with Crippen LogP contribution in [0.5, 0.6) is 17.2 Å². The summed E-state index contributed by atoms with van der Waals surface area (Å²) in [5.74, 6) is -0.0766. The van der Waals surface area contributed by atoms with Gasteiger partial charge in [0.15, 0.2) is 17.1 Å². The number of ether oxygens (including phenoxy) is 2. The molecule has 2 aromatic rings. The lowest BCUT2D eigenvalue weighted by Gasteiger charge is -2.14. The lowest BCUT2D eigenvalue weighted by atomic mass is 10.1. The first-order chi connectivity index (χ1) is 8.60. The Morgan fingerprint density at radius 1 is 1.33 bits per heavy atom. The Morgan fingerprint density at radius 2 is 2.00 bits per heavy atom. The molecule has 0 bridgehead atoms. The van der Waals surface area contributed by atoms with Crippen molar-refractivity contribution in [3.63, 3.8) is 0 Å². The molecule has 0 saturated heterocycles. The van der Waals surface area contributed by atoms with Crippen LogP contribution in [-0.4, -0.2) is 25.2 Å². The van der Waals surface area contributed by atoms with Crippen LogP contribution in [0, 0.1) is 0 Å². The fourth-order valence-corrected chi connectivity index (χ4v) is 1.82. The van der Waals surface area contributed by atoms with E-state index in [1.165, 1.54) is 27.4 Å². The van der Waals surface area contributed by atoms with Crippen LogP contribution in [0.15, 0.2) is 16.7 Å². The van der Waals surface area contributed by atoms with Crippen LogP contribution in [-0.2, 0) is 4.79 Å². The zero-order chi connectivity index (χ0) is 13.3. The largest absolute Gasteiger partial charge is 0.503 e. The minimum Gasteiger partial charge on any atom is -0.503 e. The maximum Gasteiger partial charge on any atom is 0.221 e. The Kier molecular flexibility index (Phi) is 3.01. The van der Waals surface area contributed by atoms with E-state index in [2.05, 4.69) is 5.32 Å². The van der Waals surface area contributed by atoms with Crippen molar-refractivity contribution in [3.05, 3.63) is 12.3 Å². The van der Waals surface area contributed by atoms with E-state index < -0.39 is 0 Å². The Labute approximate surface area is 103 Å². The van der Waals surface area contributed by atoms with Gasteiger partial charge in [-0.2, -0.15) is 0 Å². The summed E-state index contributed by atoms with van der Waals surface area (Å²) in [5.41, 5.74) is 0.525. The number of benzene rings is 1. The predicted octanol–water partition coefficient (Wildman–Crippen LogP) is 2.11. The van der Waals surface area contributed by atoms with Crippen molar-refractivity contribution in [1.82, 2.24) is 0 Å². The molecule has 1 aromatic carbocycles. The zero-order valence-corrected chi connectivity index (χ0v) is 10.2. The van der Waals surface area contributed by atoms with Gasteiger partial charge in [-0.3, -0.25) is 4.79 Å². The van der Waals surface area contributed by atoms with Crippen LogP contribution in [0.2, 0.25) is 0 Å². The molecule has 0 aliphatic carbocycles. The minimum atomic E-state index is -0.325. The molecule has 0 fully saturated rings. The topological polar surface area (TPSA) is 80.9 Å². The van der Waals surface area contributed by atoms with Crippen molar-refractivity contribution in [2.75, 3.05) is 19.5 Å². The van der Waals surface area contributed by atoms with Crippen molar-refractivity contribution in [1.29, 1.82) is 0 Å². The number of aromatic hydroxyl groups is 1. The number of hydrogen-bond donors (Lipinski definition) is 2. The van der Waals surface area contributed by atoms with E-state index in [0.29, 0.717) is 16.7 Å². The Balaban J connectivity index is 2.80. The number of phenolic OH excluding ortho intramolecular Hbond substituents is 1. The molecular formula is C12H13NO5. The number of phenols is 1. The molecule has 1 heterocycles. The third kappa shape index (κ3) is 1.71. The Morgan fingerprint density at radius 3 is 2.56 bits per heavy atom. The third-order valence-corrected chi connectivity index (χ3v) is 2.50. The molecule has 0 spiro atoms. The van der Waals surface area contributed by atoms with Crippen LogP contribution in [0.1, 0.15) is 6.92 Å². The number of furan rings is 1. The van der Waals surface area contributed by atoms with Crippen LogP contribution < -0.4 is 14.8 Å². The molecule has 18 heavy (non-hydrogen) atoms. The zero-order valence-electron chi connectivity index (χ0n) is 10.2. The molecule has 1 amide bonds. The van der Waals surface area contributed by atoms with Gasteiger partial charge < -0.3 is 24.3 Å². The Hall–Kier alpha value is -2.37. The fraction of sp³-hybridized carbons (Fsp3) is 0.250. The summed E-state index contributed by atoms with van der Waals surface area (Å²) in [6, 6.07) is 1.67. The van der Waals surface area contributed by atoms with Gasteiger partial charge in [0.2, 0.25) is 11.7 Å². The van der Waals surface area contributed by atoms with Crippen molar-refractivity contribution in [3.8, 4) is 17.2 Å². The van der Waals surface area contributed by atoms with Crippen molar-refractivity contribution in [2.24, 2.45) is 0 Å². The number of carbonyl (C=O) groups is 1. The van der Waals surface area contributed by atoms with Gasteiger partial charge in [-0.25, -0.2) is 0 Å². The maximum absolute atomic E-state index is 11.2. The summed E-state index contributed by atoms with van der Waals surface area (Å²) in [6.45, 7) is 1.34. The molecule has 6 heteroatoms. The first-order valence-electron chi connectivity index (χ1n) is 5.21. The molecule has 0 unspecified atom stereocenters. The monoisotopic (exact) mass is 251 g/mol. The quantitative estimate of drug-likeness (QED) is 0.816. The summed E-state index contributed by atoms with van der Waals surface area (Å²) < 4.78 is 15.5. The SMILES string of the molecule is COc1c(NC(C)=O)c(O)c(OC)c2occc12. The van der Waals surface area contributed by atoms with Gasteiger partial charge in [-0.1, -0.05) is 0 Å². The summed E-state index contributed by atoms with van der Waals surface area (Å²) in [6.07, 6.45) is 1.45. The van der Waals surface area contributed by atoms with Crippen LogP contribution >= 0.6 is 0 Å². The highest BCUT2D eigenvalue weighted by atomic mass is 16.5. The lowest BCUT2D eigenvalue weighted by molar-refractivity contribution is -0.114. The summed E-state index contributed by atoms with van der Waals surface area (Å²) in [4.78, 5) is 11.2. The highest BCUT2D eigenvalue weighted by Crippen LogP contribution is 2.48. The number of carbonyl (C=O) groups excluding carboxylic acids is 1. The molecule has 0 atom stereocenters. The van der Waals surface area contributed by atoms with Gasteiger partial charge in [-0.05, 0) is 6.07 Å². The first kappa shape index (κ1) is 12.1. The van der Waals surface area contributed by atoms with Gasteiger partial charge in [0.1, 0.15) is 5.69 Å². The standard InChI is InChI=1S/C12H13NO5/c1-6(14)13-8-9(15)12(17-3)11-7(4-5-18-11)10(8)16-2/h4-5,15H,1-3H3,(H,13,14). The fourth-order valence-electron chi connectivity index (χ4n) is 1.82. The highest BCUT2D eigenvalue weighted by molar-refractivity contribution is 6.03. The summed E-state index contributed by atoms with van der Waals surface area (Å²) in [5, 5.41) is 13.2. The lowest BCUT2D eigenvalue weighted by Crippen LogP contribution is -2.08. The van der Waals surface area contributed by atoms with E-state index in [0.717, 1.165) is 0 Å². The molecule has 96 valence electrons. The van der Waals surface area contributed by atoms with E-state index in [4.69, 9.17) is 13.9 Å². The van der Waals surface area contributed by atoms with E-state index in [1.54, 1.807) is 6.07 Å². The van der Waals surface area contributed by atoms with Gasteiger partial charge in [0, 0.05) is 6.92 Å². The predicted molar refractivity (Wildman–Crippen MR) is 65.3 cm³/mol. The molecule has 0 aliphatic heterocycles. The van der Waals surface area contributed by atoms with Crippen LogP contribution in [0.3, 0.4) is 0 Å². The molecular weight excluding hydrogens is 238 g/mol. The molecule has 2 N–H and O–H groups in total. The molecule has 6 nitrogen and oxygen atoms in total. The number of hydrogen-bond acceptors (Lipinski definition) is 5. The molecule has 1 aromatic heterocycles. The van der Waals surface area contributed by atoms with E-state index in [1.807, 2.05) is 0 Å². The first-order valence-corrected chi connectivity index (χ1v) is 5.21.